The molecule has 0 saturated heterocycles. The third-order valence-electron chi connectivity index (χ3n) is 4.66. The number of pyridine rings is 2. The van der Waals surface area contributed by atoms with Crippen molar-refractivity contribution in [1.29, 1.82) is 0 Å². The van der Waals surface area contributed by atoms with Gasteiger partial charge in [-0.15, -0.1) is 0 Å². The lowest BCUT2D eigenvalue weighted by Crippen LogP contribution is -2.09. The summed E-state index contributed by atoms with van der Waals surface area (Å²) in [5, 5.41) is 6.37. The van der Waals surface area contributed by atoms with Crippen LogP contribution in [0.3, 0.4) is 0 Å². The van der Waals surface area contributed by atoms with E-state index in [1.54, 1.807) is 12.3 Å². The number of rotatable bonds is 3. The molecule has 8 heteroatoms. The number of H-pyrrole nitrogens is 1. The SMILES string of the molecule is O=c1[nH]c2ccc(Br)cc2cc1-c1noc(Cc2ccc(Cl)c3cccnc23)n1. The molecule has 5 aromatic rings. The maximum atomic E-state index is 12.5. The molecule has 3 heterocycles. The second kappa shape index (κ2) is 7.09. The molecule has 1 N–H and O–H groups in total. The van der Waals surface area contributed by atoms with Crippen molar-refractivity contribution < 1.29 is 4.52 Å². The number of halogens is 2. The van der Waals surface area contributed by atoms with Crippen LogP contribution >= 0.6 is 27.5 Å². The molecule has 0 fully saturated rings. The smallest absolute Gasteiger partial charge is 0.259 e. The van der Waals surface area contributed by atoms with E-state index in [1.165, 1.54) is 0 Å². The van der Waals surface area contributed by atoms with Gasteiger partial charge >= 0.3 is 0 Å². The minimum absolute atomic E-state index is 0.245. The van der Waals surface area contributed by atoms with E-state index < -0.39 is 0 Å². The van der Waals surface area contributed by atoms with Gasteiger partial charge in [0.05, 0.1) is 17.5 Å². The minimum atomic E-state index is -0.272. The molecule has 0 aliphatic carbocycles. The van der Waals surface area contributed by atoms with E-state index in [4.69, 9.17) is 16.1 Å². The number of fused-ring (bicyclic) bond motifs is 2. The zero-order valence-electron chi connectivity index (χ0n) is 14.8. The number of aromatic nitrogens is 4. The van der Waals surface area contributed by atoms with Gasteiger partial charge in [0.15, 0.2) is 0 Å². The molecule has 5 rings (SSSR count). The van der Waals surface area contributed by atoms with E-state index in [1.807, 2.05) is 42.5 Å². The maximum absolute atomic E-state index is 12.5. The third-order valence-corrected chi connectivity index (χ3v) is 5.48. The van der Waals surface area contributed by atoms with Crippen molar-refractivity contribution in [2.24, 2.45) is 0 Å². The molecular weight excluding hydrogens is 456 g/mol. The van der Waals surface area contributed by atoms with Crippen molar-refractivity contribution in [3.05, 3.63) is 86.0 Å². The predicted molar refractivity (Wildman–Crippen MR) is 115 cm³/mol. The van der Waals surface area contributed by atoms with E-state index >= 15 is 0 Å². The Morgan fingerprint density at radius 2 is 2.03 bits per heavy atom. The third kappa shape index (κ3) is 3.32. The molecule has 142 valence electrons. The molecule has 0 unspecified atom stereocenters. The highest BCUT2D eigenvalue weighted by Crippen LogP contribution is 2.27. The highest BCUT2D eigenvalue weighted by atomic mass is 79.9. The van der Waals surface area contributed by atoms with Gasteiger partial charge in [-0.3, -0.25) is 9.78 Å². The summed E-state index contributed by atoms with van der Waals surface area (Å²) in [7, 11) is 0. The first-order valence-electron chi connectivity index (χ1n) is 8.76. The summed E-state index contributed by atoms with van der Waals surface area (Å²) >= 11 is 9.70. The summed E-state index contributed by atoms with van der Waals surface area (Å²) in [6.45, 7) is 0. The van der Waals surface area contributed by atoms with E-state index in [0.29, 0.717) is 22.9 Å². The molecule has 6 nitrogen and oxygen atoms in total. The highest BCUT2D eigenvalue weighted by Gasteiger charge is 2.15. The Bertz CT molecular complexity index is 1440. The first-order chi connectivity index (χ1) is 14.1. The van der Waals surface area contributed by atoms with E-state index in [-0.39, 0.29) is 11.4 Å². The Morgan fingerprint density at radius 3 is 2.93 bits per heavy atom. The fourth-order valence-electron chi connectivity index (χ4n) is 3.28. The Kier molecular flexibility index (Phi) is 4.41. The average Bonchev–Trinajstić information content (AvgIpc) is 3.18. The quantitative estimate of drug-likeness (QED) is 0.397. The van der Waals surface area contributed by atoms with Crippen LogP contribution in [0.2, 0.25) is 5.02 Å². The van der Waals surface area contributed by atoms with Crippen LogP contribution in [-0.2, 0) is 6.42 Å². The summed E-state index contributed by atoms with van der Waals surface area (Å²) in [6, 6.07) is 14.9. The van der Waals surface area contributed by atoms with E-state index in [0.717, 1.165) is 31.8 Å². The van der Waals surface area contributed by atoms with Crippen molar-refractivity contribution >= 4 is 49.3 Å². The Hall–Kier alpha value is -3.03. The van der Waals surface area contributed by atoms with Gasteiger partial charge in [0.25, 0.3) is 5.56 Å². The second-order valence-corrected chi connectivity index (χ2v) is 7.86. The van der Waals surface area contributed by atoms with Crippen LogP contribution in [0, 0.1) is 0 Å². The topological polar surface area (TPSA) is 84.7 Å². The molecule has 0 bridgehead atoms. The molecular formula is C21H12BrClN4O2. The van der Waals surface area contributed by atoms with Crippen LogP contribution in [-0.4, -0.2) is 20.1 Å². The fraction of sp³-hybridized carbons (Fsp3) is 0.0476. The molecule has 0 saturated carbocycles. The van der Waals surface area contributed by atoms with Crippen molar-refractivity contribution in [3.8, 4) is 11.4 Å². The van der Waals surface area contributed by atoms with Gasteiger partial charge in [0.1, 0.15) is 0 Å². The van der Waals surface area contributed by atoms with Gasteiger partial charge in [-0.05, 0) is 48.0 Å². The second-order valence-electron chi connectivity index (χ2n) is 6.54. The Morgan fingerprint density at radius 1 is 1.14 bits per heavy atom. The minimum Gasteiger partial charge on any atom is -0.339 e. The first kappa shape index (κ1) is 18.0. The van der Waals surface area contributed by atoms with E-state index in [9.17, 15) is 4.79 Å². The molecule has 0 atom stereocenters. The van der Waals surface area contributed by atoms with Crippen LogP contribution in [0.15, 0.2) is 68.5 Å². The summed E-state index contributed by atoms with van der Waals surface area (Å²) in [4.78, 5) is 24.2. The van der Waals surface area contributed by atoms with E-state index in [2.05, 4.69) is 36.0 Å². The highest BCUT2D eigenvalue weighted by molar-refractivity contribution is 9.10. The van der Waals surface area contributed by atoms with Gasteiger partial charge in [-0.2, -0.15) is 4.98 Å². The number of hydrogen-bond donors (Lipinski definition) is 1. The Balaban J connectivity index is 1.54. The summed E-state index contributed by atoms with van der Waals surface area (Å²) in [5.74, 6) is 0.636. The normalized spacial score (nSPS) is 11.4. The van der Waals surface area contributed by atoms with Crippen molar-refractivity contribution in [2.75, 3.05) is 0 Å². The lowest BCUT2D eigenvalue weighted by atomic mass is 10.1. The van der Waals surface area contributed by atoms with Gasteiger partial charge < -0.3 is 9.51 Å². The summed E-state index contributed by atoms with van der Waals surface area (Å²) in [6.07, 6.45) is 2.10. The zero-order valence-corrected chi connectivity index (χ0v) is 17.2. The van der Waals surface area contributed by atoms with Gasteiger partial charge in [-0.1, -0.05) is 38.8 Å². The molecule has 29 heavy (non-hydrogen) atoms. The van der Waals surface area contributed by atoms with Crippen molar-refractivity contribution in [3.63, 3.8) is 0 Å². The van der Waals surface area contributed by atoms with Crippen LogP contribution in [0.5, 0.6) is 0 Å². The number of benzene rings is 2. The average molecular weight is 468 g/mol. The zero-order chi connectivity index (χ0) is 20.0. The maximum Gasteiger partial charge on any atom is 0.259 e. The molecule has 0 aliphatic rings. The van der Waals surface area contributed by atoms with Crippen LogP contribution < -0.4 is 5.56 Å². The molecule has 0 aliphatic heterocycles. The van der Waals surface area contributed by atoms with Crippen LogP contribution in [0.1, 0.15) is 11.5 Å². The van der Waals surface area contributed by atoms with Gasteiger partial charge in [-0.25, -0.2) is 0 Å². The van der Waals surface area contributed by atoms with Crippen molar-refractivity contribution in [2.45, 2.75) is 6.42 Å². The lowest BCUT2D eigenvalue weighted by molar-refractivity contribution is 0.386. The number of nitrogens with zero attached hydrogens (tertiary/aromatic N) is 3. The molecule has 2 aromatic carbocycles. The lowest BCUT2D eigenvalue weighted by Gasteiger charge is -2.04. The fourth-order valence-corrected chi connectivity index (χ4v) is 3.88. The largest absolute Gasteiger partial charge is 0.339 e. The predicted octanol–water partition coefficient (Wildman–Crippen LogP) is 5.13. The monoisotopic (exact) mass is 466 g/mol. The van der Waals surface area contributed by atoms with Crippen LogP contribution in [0.25, 0.3) is 33.2 Å². The first-order valence-corrected chi connectivity index (χ1v) is 9.93. The number of hydrogen-bond acceptors (Lipinski definition) is 5. The molecule has 0 radical (unpaired) electrons. The number of aromatic amines is 1. The summed E-state index contributed by atoms with van der Waals surface area (Å²) < 4.78 is 6.32. The number of nitrogens with one attached hydrogen (secondary N) is 1. The Labute approximate surface area is 177 Å². The summed E-state index contributed by atoms with van der Waals surface area (Å²) in [5.41, 5.74) is 2.52. The van der Waals surface area contributed by atoms with Gasteiger partial charge in [0.2, 0.25) is 11.7 Å². The standard InChI is InChI=1S/C21H12BrClN4O2/c22-13-4-6-17-12(8-13)9-15(21(28)25-17)20-26-18(29-27-20)10-11-3-5-16(23)14-2-1-7-24-19(11)14/h1-9H,10H2,(H,25,28). The van der Waals surface area contributed by atoms with Gasteiger partial charge in [0, 0.05) is 32.0 Å². The van der Waals surface area contributed by atoms with Crippen LogP contribution in [0.4, 0.5) is 0 Å². The molecule has 0 spiro atoms. The molecule has 3 aromatic heterocycles. The molecule has 0 amide bonds. The van der Waals surface area contributed by atoms with Crippen molar-refractivity contribution in [1.82, 2.24) is 20.1 Å².